The molecule has 0 bridgehead atoms. The molecule has 0 unspecified atom stereocenters. The zero-order chi connectivity index (χ0) is 14.8. The van der Waals surface area contributed by atoms with E-state index >= 15 is 0 Å². The zero-order valence-electron chi connectivity index (χ0n) is 12.4. The monoisotopic (exact) mass is 281 g/mol. The van der Waals surface area contributed by atoms with Crippen LogP contribution in [0.15, 0.2) is 12.3 Å². The molecule has 0 aliphatic carbocycles. The van der Waals surface area contributed by atoms with Gasteiger partial charge in [-0.3, -0.25) is 4.79 Å². The van der Waals surface area contributed by atoms with Gasteiger partial charge in [-0.2, -0.15) is 0 Å². The van der Waals surface area contributed by atoms with Crippen LogP contribution in [0.1, 0.15) is 55.9 Å². The first kappa shape index (κ1) is 16.6. The molecule has 114 valence electrons. The van der Waals surface area contributed by atoms with Crippen LogP contribution in [0.3, 0.4) is 0 Å². The topological polar surface area (TPSA) is 82.3 Å². The minimum Gasteiger partial charge on any atom is -0.397 e. The number of unbranched alkanes of at least 4 members (excludes halogenated alkanes) is 4. The van der Waals surface area contributed by atoms with Crippen LogP contribution in [0, 0.1) is 0 Å². The maximum absolute atomic E-state index is 12.3. The van der Waals surface area contributed by atoms with E-state index < -0.39 is 0 Å². The first-order valence-corrected chi connectivity index (χ1v) is 7.53. The van der Waals surface area contributed by atoms with Crippen LogP contribution in [-0.4, -0.2) is 40.6 Å². The molecule has 0 atom stereocenters. The minimum absolute atomic E-state index is 0.0364. The number of hydrogen-bond donors (Lipinski definition) is 3. The molecule has 0 saturated heterocycles. The van der Waals surface area contributed by atoms with E-state index in [0.29, 0.717) is 24.3 Å². The Bertz CT molecular complexity index is 390. The standard InChI is InChI=1S/C15H27N3O2/c1-2-3-4-5-6-8-18(9-7-10-19)15(20)14-11-13(16)12-17-14/h11-12,17,19H,2-10,16H2,1H3. The number of aromatic amines is 1. The fourth-order valence-corrected chi connectivity index (χ4v) is 2.19. The van der Waals surface area contributed by atoms with Gasteiger partial charge in [-0.05, 0) is 18.9 Å². The number of nitrogens with zero attached hydrogens (tertiary/aromatic N) is 1. The van der Waals surface area contributed by atoms with Crippen molar-refractivity contribution in [1.82, 2.24) is 9.88 Å². The number of aromatic nitrogens is 1. The van der Waals surface area contributed by atoms with Gasteiger partial charge >= 0.3 is 0 Å². The third kappa shape index (κ3) is 5.65. The number of aliphatic hydroxyl groups is 1. The number of carbonyl (C=O) groups excluding carboxylic acids is 1. The summed E-state index contributed by atoms with van der Waals surface area (Å²) in [5.41, 5.74) is 6.72. The maximum atomic E-state index is 12.3. The molecule has 0 saturated carbocycles. The predicted octanol–water partition coefficient (Wildman–Crippen LogP) is 2.39. The van der Waals surface area contributed by atoms with E-state index in [4.69, 9.17) is 10.8 Å². The highest BCUT2D eigenvalue weighted by molar-refractivity contribution is 5.93. The Morgan fingerprint density at radius 1 is 1.25 bits per heavy atom. The summed E-state index contributed by atoms with van der Waals surface area (Å²) in [5, 5.41) is 8.95. The second-order valence-corrected chi connectivity index (χ2v) is 5.13. The molecular formula is C15H27N3O2. The molecule has 0 aliphatic rings. The van der Waals surface area contributed by atoms with E-state index in [1.165, 1.54) is 19.3 Å². The van der Waals surface area contributed by atoms with Crippen molar-refractivity contribution >= 4 is 11.6 Å². The summed E-state index contributed by atoms with van der Waals surface area (Å²) in [6, 6.07) is 1.66. The molecule has 0 radical (unpaired) electrons. The van der Waals surface area contributed by atoms with Gasteiger partial charge < -0.3 is 20.7 Å². The molecule has 5 nitrogen and oxygen atoms in total. The predicted molar refractivity (Wildman–Crippen MR) is 81.6 cm³/mol. The van der Waals surface area contributed by atoms with Crippen LogP contribution in [0.2, 0.25) is 0 Å². The number of H-pyrrole nitrogens is 1. The van der Waals surface area contributed by atoms with Crippen LogP contribution in [0.25, 0.3) is 0 Å². The third-order valence-electron chi connectivity index (χ3n) is 3.34. The molecular weight excluding hydrogens is 254 g/mol. The van der Waals surface area contributed by atoms with Crippen molar-refractivity contribution in [2.75, 3.05) is 25.4 Å². The Morgan fingerprint density at radius 3 is 2.55 bits per heavy atom. The Hall–Kier alpha value is -1.49. The van der Waals surface area contributed by atoms with E-state index in [9.17, 15) is 4.79 Å². The van der Waals surface area contributed by atoms with Gasteiger partial charge in [-0.1, -0.05) is 32.6 Å². The Labute approximate surface area is 121 Å². The summed E-state index contributed by atoms with van der Waals surface area (Å²) >= 11 is 0. The van der Waals surface area contributed by atoms with Crippen LogP contribution >= 0.6 is 0 Å². The van der Waals surface area contributed by atoms with Crippen molar-refractivity contribution in [3.05, 3.63) is 18.0 Å². The largest absolute Gasteiger partial charge is 0.397 e. The van der Waals surface area contributed by atoms with Gasteiger partial charge in [0.05, 0.1) is 0 Å². The lowest BCUT2D eigenvalue weighted by Gasteiger charge is -2.21. The number of carbonyl (C=O) groups is 1. The van der Waals surface area contributed by atoms with Crippen LogP contribution < -0.4 is 5.73 Å². The Balaban J connectivity index is 2.47. The number of rotatable bonds is 10. The molecule has 4 N–H and O–H groups in total. The van der Waals surface area contributed by atoms with Gasteiger partial charge in [0.1, 0.15) is 5.69 Å². The van der Waals surface area contributed by atoms with Crippen molar-refractivity contribution in [3.63, 3.8) is 0 Å². The summed E-state index contributed by atoms with van der Waals surface area (Å²) in [5.74, 6) is -0.0364. The first-order chi connectivity index (χ1) is 9.69. The Morgan fingerprint density at radius 2 is 1.95 bits per heavy atom. The van der Waals surface area contributed by atoms with E-state index in [2.05, 4.69) is 11.9 Å². The SMILES string of the molecule is CCCCCCCN(CCCO)C(=O)c1cc(N)c[nH]1. The number of aliphatic hydroxyl groups excluding tert-OH is 1. The molecule has 1 amide bonds. The van der Waals surface area contributed by atoms with Gasteiger partial charge in [0, 0.05) is 31.6 Å². The van der Waals surface area contributed by atoms with Gasteiger partial charge in [-0.25, -0.2) is 0 Å². The van der Waals surface area contributed by atoms with Gasteiger partial charge in [-0.15, -0.1) is 0 Å². The number of anilines is 1. The van der Waals surface area contributed by atoms with Gasteiger partial charge in [0.25, 0.3) is 5.91 Å². The summed E-state index contributed by atoms with van der Waals surface area (Å²) in [6.07, 6.45) is 8.06. The highest BCUT2D eigenvalue weighted by atomic mass is 16.3. The van der Waals surface area contributed by atoms with E-state index in [-0.39, 0.29) is 12.5 Å². The van der Waals surface area contributed by atoms with Crippen LogP contribution in [0.5, 0.6) is 0 Å². The smallest absolute Gasteiger partial charge is 0.270 e. The van der Waals surface area contributed by atoms with Crippen molar-refractivity contribution in [2.24, 2.45) is 0 Å². The molecule has 0 aliphatic heterocycles. The molecule has 1 rings (SSSR count). The van der Waals surface area contributed by atoms with Gasteiger partial charge in [0.15, 0.2) is 0 Å². The zero-order valence-corrected chi connectivity index (χ0v) is 12.4. The number of nitrogens with one attached hydrogen (secondary N) is 1. The summed E-state index contributed by atoms with van der Waals surface area (Å²) in [6.45, 7) is 3.61. The summed E-state index contributed by atoms with van der Waals surface area (Å²) < 4.78 is 0. The third-order valence-corrected chi connectivity index (χ3v) is 3.34. The second kappa shape index (κ2) is 9.42. The molecule has 1 heterocycles. The number of hydrogen-bond acceptors (Lipinski definition) is 3. The summed E-state index contributed by atoms with van der Waals surface area (Å²) in [4.78, 5) is 17.0. The molecule has 20 heavy (non-hydrogen) atoms. The molecule has 5 heteroatoms. The number of amides is 1. The van der Waals surface area contributed by atoms with E-state index in [0.717, 1.165) is 19.4 Å². The highest BCUT2D eigenvalue weighted by Crippen LogP contribution is 2.11. The molecule has 1 aromatic rings. The summed E-state index contributed by atoms with van der Waals surface area (Å²) in [7, 11) is 0. The molecule has 1 aromatic heterocycles. The number of nitrogens with two attached hydrogens (primary N) is 1. The van der Waals surface area contributed by atoms with Crippen LogP contribution in [-0.2, 0) is 0 Å². The molecule has 0 fully saturated rings. The second-order valence-electron chi connectivity index (χ2n) is 5.13. The lowest BCUT2D eigenvalue weighted by molar-refractivity contribution is 0.0736. The van der Waals surface area contributed by atoms with Crippen molar-refractivity contribution in [2.45, 2.75) is 45.4 Å². The lowest BCUT2D eigenvalue weighted by Crippen LogP contribution is -2.33. The fraction of sp³-hybridized carbons (Fsp3) is 0.667. The van der Waals surface area contributed by atoms with Crippen LogP contribution in [0.4, 0.5) is 5.69 Å². The average molecular weight is 281 g/mol. The van der Waals surface area contributed by atoms with Crippen molar-refractivity contribution in [3.8, 4) is 0 Å². The molecule has 0 aromatic carbocycles. The maximum Gasteiger partial charge on any atom is 0.270 e. The first-order valence-electron chi connectivity index (χ1n) is 7.53. The average Bonchev–Trinajstić information content (AvgIpc) is 2.88. The number of nitrogen functional groups attached to an aromatic ring is 1. The van der Waals surface area contributed by atoms with Gasteiger partial charge in [0.2, 0.25) is 0 Å². The molecule has 0 spiro atoms. The Kier molecular flexibility index (Phi) is 7.80. The minimum atomic E-state index is -0.0364. The lowest BCUT2D eigenvalue weighted by atomic mass is 10.1. The highest BCUT2D eigenvalue weighted by Gasteiger charge is 2.16. The quantitative estimate of drug-likeness (QED) is 0.576. The fourth-order valence-electron chi connectivity index (χ4n) is 2.19. The van der Waals surface area contributed by atoms with Crippen molar-refractivity contribution < 1.29 is 9.90 Å². The van der Waals surface area contributed by atoms with E-state index in [1.54, 1.807) is 17.2 Å². The van der Waals surface area contributed by atoms with E-state index in [1.807, 2.05) is 0 Å². The van der Waals surface area contributed by atoms with Crippen molar-refractivity contribution in [1.29, 1.82) is 0 Å². The normalized spacial score (nSPS) is 10.7.